The van der Waals surface area contributed by atoms with Crippen molar-refractivity contribution < 1.29 is 4.79 Å². The molecular formula is C13H20ClN3O. The first-order valence-corrected chi connectivity index (χ1v) is 6.23. The molecule has 3 N–H and O–H groups in total. The first-order valence-electron chi connectivity index (χ1n) is 5.85. The number of amides is 1. The van der Waals surface area contributed by atoms with Crippen LogP contribution in [0, 0.1) is 0 Å². The SMILES string of the molecule is CCC(C)(N)C(=O)Nc1cccc(Cl)c1N(C)C. The van der Waals surface area contributed by atoms with Crippen LogP contribution in [0.2, 0.25) is 5.02 Å². The Labute approximate surface area is 113 Å². The lowest BCUT2D eigenvalue weighted by Gasteiger charge is -2.24. The average molecular weight is 270 g/mol. The van der Waals surface area contributed by atoms with E-state index in [0.717, 1.165) is 5.69 Å². The summed E-state index contributed by atoms with van der Waals surface area (Å²) < 4.78 is 0. The zero-order chi connectivity index (χ0) is 13.9. The van der Waals surface area contributed by atoms with Gasteiger partial charge in [-0.1, -0.05) is 24.6 Å². The van der Waals surface area contributed by atoms with Gasteiger partial charge in [0.25, 0.3) is 0 Å². The molecule has 0 aliphatic heterocycles. The third-order valence-corrected chi connectivity index (χ3v) is 3.24. The van der Waals surface area contributed by atoms with Crippen molar-refractivity contribution in [1.29, 1.82) is 0 Å². The fourth-order valence-corrected chi connectivity index (χ4v) is 1.84. The molecule has 0 bridgehead atoms. The molecule has 5 heteroatoms. The van der Waals surface area contributed by atoms with E-state index < -0.39 is 5.54 Å². The van der Waals surface area contributed by atoms with Crippen molar-refractivity contribution in [2.45, 2.75) is 25.8 Å². The molecule has 100 valence electrons. The van der Waals surface area contributed by atoms with Gasteiger partial charge >= 0.3 is 0 Å². The molecule has 0 radical (unpaired) electrons. The highest BCUT2D eigenvalue weighted by molar-refractivity contribution is 6.34. The number of halogens is 1. The molecule has 1 aromatic carbocycles. The number of hydrogen-bond donors (Lipinski definition) is 2. The molecule has 1 unspecified atom stereocenters. The first-order chi connectivity index (χ1) is 8.29. The Morgan fingerprint density at radius 3 is 2.61 bits per heavy atom. The number of carbonyl (C=O) groups excluding carboxylic acids is 1. The Hall–Kier alpha value is -1.26. The summed E-state index contributed by atoms with van der Waals surface area (Å²) in [5.41, 5.74) is 6.48. The summed E-state index contributed by atoms with van der Waals surface area (Å²) in [5.74, 6) is -0.213. The van der Waals surface area contributed by atoms with E-state index in [9.17, 15) is 4.79 Å². The molecule has 18 heavy (non-hydrogen) atoms. The molecule has 0 aromatic heterocycles. The summed E-state index contributed by atoms with van der Waals surface area (Å²) in [6, 6.07) is 5.39. The van der Waals surface area contributed by atoms with Crippen molar-refractivity contribution in [1.82, 2.24) is 0 Å². The largest absolute Gasteiger partial charge is 0.375 e. The highest BCUT2D eigenvalue weighted by atomic mass is 35.5. The van der Waals surface area contributed by atoms with Gasteiger partial charge in [0.05, 0.1) is 21.9 Å². The molecule has 1 atom stereocenters. The van der Waals surface area contributed by atoms with Gasteiger partial charge in [-0.3, -0.25) is 4.79 Å². The third kappa shape index (κ3) is 3.15. The van der Waals surface area contributed by atoms with E-state index >= 15 is 0 Å². The minimum atomic E-state index is -0.883. The highest BCUT2D eigenvalue weighted by Gasteiger charge is 2.26. The molecule has 0 aliphatic rings. The van der Waals surface area contributed by atoms with E-state index in [-0.39, 0.29) is 5.91 Å². The van der Waals surface area contributed by atoms with Crippen molar-refractivity contribution in [2.24, 2.45) is 5.73 Å². The van der Waals surface area contributed by atoms with E-state index in [0.29, 0.717) is 17.1 Å². The maximum atomic E-state index is 12.1. The number of nitrogens with two attached hydrogens (primary N) is 1. The number of benzene rings is 1. The molecule has 0 saturated heterocycles. The standard InChI is InChI=1S/C13H20ClN3O/c1-5-13(2,15)12(18)16-10-8-6-7-9(14)11(10)17(3)4/h6-8H,5,15H2,1-4H3,(H,16,18). The maximum absolute atomic E-state index is 12.1. The van der Waals surface area contributed by atoms with Gasteiger partial charge < -0.3 is 16.0 Å². The lowest BCUT2D eigenvalue weighted by molar-refractivity contribution is -0.120. The van der Waals surface area contributed by atoms with Gasteiger partial charge in [-0.05, 0) is 25.5 Å². The molecule has 4 nitrogen and oxygen atoms in total. The number of anilines is 2. The second-order valence-corrected chi connectivity index (χ2v) is 5.16. The van der Waals surface area contributed by atoms with Gasteiger partial charge in [0, 0.05) is 14.1 Å². The first kappa shape index (κ1) is 14.8. The Morgan fingerprint density at radius 2 is 2.11 bits per heavy atom. The summed E-state index contributed by atoms with van der Waals surface area (Å²) in [7, 11) is 3.75. The average Bonchev–Trinajstić information content (AvgIpc) is 2.28. The van der Waals surface area contributed by atoms with Gasteiger partial charge in [-0.25, -0.2) is 0 Å². The van der Waals surface area contributed by atoms with Crippen molar-refractivity contribution in [3.05, 3.63) is 23.2 Å². The number of nitrogens with zero attached hydrogens (tertiary/aromatic N) is 1. The van der Waals surface area contributed by atoms with Crippen LogP contribution < -0.4 is 16.0 Å². The van der Waals surface area contributed by atoms with Crippen LogP contribution in [-0.2, 0) is 4.79 Å². The maximum Gasteiger partial charge on any atom is 0.244 e. The fraction of sp³-hybridized carbons (Fsp3) is 0.462. The molecule has 0 fully saturated rings. The van der Waals surface area contributed by atoms with E-state index in [1.807, 2.05) is 32.0 Å². The molecular weight excluding hydrogens is 250 g/mol. The Balaban J connectivity index is 3.06. The van der Waals surface area contributed by atoms with Crippen LogP contribution in [0.5, 0.6) is 0 Å². The zero-order valence-electron chi connectivity index (χ0n) is 11.2. The van der Waals surface area contributed by atoms with Crippen LogP contribution in [0.1, 0.15) is 20.3 Å². The molecule has 0 heterocycles. The molecule has 0 spiro atoms. The van der Waals surface area contributed by atoms with E-state index in [1.165, 1.54) is 0 Å². The summed E-state index contributed by atoms with van der Waals surface area (Å²) >= 11 is 6.13. The third-order valence-electron chi connectivity index (χ3n) is 2.94. The van der Waals surface area contributed by atoms with Crippen LogP contribution in [-0.4, -0.2) is 25.5 Å². The summed E-state index contributed by atoms with van der Waals surface area (Å²) in [5, 5.41) is 3.42. The van der Waals surface area contributed by atoms with Gasteiger partial charge in [0.15, 0.2) is 0 Å². The van der Waals surface area contributed by atoms with Crippen LogP contribution in [0.4, 0.5) is 11.4 Å². The quantitative estimate of drug-likeness (QED) is 0.883. The fourth-order valence-electron chi connectivity index (χ4n) is 1.50. The van der Waals surface area contributed by atoms with Gasteiger partial charge in [0.2, 0.25) is 5.91 Å². The second kappa shape index (κ2) is 5.59. The number of carbonyl (C=O) groups is 1. The molecule has 0 aliphatic carbocycles. The number of nitrogens with one attached hydrogen (secondary N) is 1. The summed E-state index contributed by atoms with van der Waals surface area (Å²) in [6.07, 6.45) is 0.566. The molecule has 1 aromatic rings. The van der Waals surface area contributed by atoms with Gasteiger partial charge in [-0.15, -0.1) is 0 Å². The Kier molecular flexibility index (Phi) is 4.59. The van der Waals surface area contributed by atoms with Crippen molar-refractivity contribution in [3.63, 3.8) is 0 Å². The van der Waals surface area contributed by atoms with E-state index in [4.69, 9.17) is 17.3 Å². The van der Waals surface area contributed by atoms with Crippen molar-refractivity contribution >= 4 is 28.9 Å². The second-order valence-electron chi connectivity index (χ2n) is 4.76. The van der Waals surface area contributed by atoms with Crippen LogP contribution in [0.15, 0.2) is 18.2 Å². The van der Waals surface area contributed by atoms with E-state index in [2.05, 4.69) is 5.32 Å². The number of rotatable bonds is 4. The van der Waals surface area contributed by atoms with Crippen LogP contribution in [0.3, 0.4) is 0 Å². The smallest absolute Gasteiger partial charge is 0.244 e. The predicted molar refractivity (Wildman–Crippen MR) is 77.3 cm³/mol. The molecule has 1 amide bonds. The minimum Gasteiger partial charge on any atom is -0.375 e. The number of para-hydroxylation sites is 1. The van der Waals surface area contributed by atoms with E-state index in [1.54, 1.807) is 19.1 Å². The summed E-state index contributed by atoms with van der Waals surface area (Å²) in [4.78, 5) is 13.9. The summed E-state index contributed by atoms with van der Waals surface area (Å²) in [6.45, 7) is 3.59. The zero-order valence-corrected chi connectivity index (χ0v) is 12.0. The molecule has 0 saturated carbocycles. The molecule has 1 rings (SSSR count). The van der Waals surface area contributed by atoms with Gasteiger partial charge in [0.1, 0.15) is 0 Å². The van der Waals surface area contributed by atoms with Crippen molar-refractivity contribution in [2.75, 3.05) is 24.3 Å². The topological polar surface area (TPSA) is 58.4 Å². The highest BCUT2D eigenvalue weighted by Crippen LogP contribution is 2.32. The predicted octanol–water partition coefficient (Wildman–Crippen LogP) is 2.47. The van der Waals surface area contributed by atoms with Crippen LogP contribution in [0.25, 0.3) is 0 Å². The monoisotopic (exact) mass is 269 g/mol. The lowest BCUT2D eigenvalue weighted by atomic mass is 9.99. The Bertz CT molecular complexity index is 444. The van der Waals surface area contributed by atoms with Crippen LogP contribution >= 0.6 is 11.6 Å². The van der Waals surface area contributed by atoms with Gasteiger partial charge in [-0.2, -0.15) is 0 Å². The Morgan fingerprint density at radius 1 is 1.50 bits per heavy atom. The lowest BCUT2D eigenvalue weighted by Crippen LogP contribution is -2.47. The minimum absolute atomic E-state index is 0.213. The normalized spacial score (nSPS) is 13.9. The van der Waals surface area contributed by atoms with Crippen molar-refractivity contribution in [3.8, 4) is 0 Å². The number of hydrogen-bond acceptors (Lipinski definition) is 3.